The zero-order valence-electron chi connectivity index (χ0n) is 11.0. The Labute approximate surface area is 122 Å². The molecule has 0 aliphatic carbocycles. The van der Waals surface area contributed by atoms with E-state index in [2.05, 4.69) is 10.1 Å². The van der Waals surface area contributed by atoms with Gasteiger partial charge in [-0.2, -0.15) is 8.78 Å². The van der Waals surface area contributed by atoms with Crippen molar-refractivity contribution in [3.63, 3.8) is 0 Å². The molecule has 0 bridgehead atoms. The summed E-state index contributed by atoms with van der Waals surface area (Å²) in [6.45, 7) is -2.80. The zero-order valence-corrected chi connectivity index (χ0v) is 11.0. The molecule has 9 heteroatoms. The van der Waals surface area contributed by atoms with Crippen molar-refractivity contribution in [2.75, 3.05) is 0 Å². The summed E-state index contributed by atoms with van der Waals surface area (Å²) in [5.41, 5.74) is 0.635. The lowest BCUT2D eigenvalue weighted by molar-refractivity contribution is -0.402. The first-order valence-corrected chi connectivity index (χ1v) is 6.02. The summed E-state index contributed by atoms with van der Waals surface area (Å²) < 4.78 is 32.9. The number of halogens is 2. The van der Waals surface area contributed by atoms with Crippen molar-refractivity contribution in [3.05, 3.63) is 57.8 Å². The van der Waals surface area contributed by atoms with E-state index in [-0.39, 0.29) is 18.1 Å². The number of furan rings is 1. The molecule has 0 aliphatic heterocycles. The molecule has 2 rings (SSSR count). The smallest absolute Gasteiger partial charge is 0.433 e. The van der Waals surface area contributed by atoms with Crippen molar-refractivity contribution in [3.8, 4) is 5.75 Å². The fraction of sp³-hybridized carbons (Fsp3) is 0.154. The van der Waals surface area contributed by atoms with E-state index in [1.165, 1.54) is 30.3 Å². The third kappa shape index (κ3) is 4.01. The molecule has 7 nitrogen and oxygen atoms in total. The Bertz CT molecular complexity index is 669. The molecular weight excluding hydrogens is 302 g/mol. The number of alkyl halides is 2. The predicted molar refractivity (Wildman–Crippen MR) is 69.6 cm³/mol. The van der Waals surface area contributed by atoms with Crippen molar-refractivity contribution in [1.29, 1.82) is 0 Å². The topological polar surface area (TPSA) is 94.6 Å². The SMILES string of the molecule is O=C(NCc1ccc(OC(F)F)cc1)c1ccc([N+](=O)[O-])o1. The summed E-state index contributed by atoms with van der Waals surface area (Å²) in [6, 6.07) is 7.94. The molecule has 1 N–H and O–H groups in total. The van der Waals surface area contributed by atoms with Gasteiger partial charge in [0, 0.05) is 6.54 Å². The zero-order chi connectivity index (χ0) is 16.1. The molecule has 22 heavy (non-hydrogen) atoms. The second-order valence-corrected chi connectivity index (χ2v) is 4.10. The molecule has 0 spiro atoms. The number of carbonyl (C=O) groups excluding carboxylic acids is 1. The Morgan fingerprint density at radius 1 is 1.27 bits per heavy atom. The van der Waals surface area contributed by atoms with E-state index in [4.69, 9.17) is 4.42 Å². The van der Waals surface area contributed by atoms with Gasteiger partial charge in [0.05, 0.1) is 6.07 Å². The van der Waals surface area contributed by atoms with Gasteiger partial charge in [0.2, 0.25) is 0 Å². The number of carbonyl (C=O) groups is 1. The van der Waals surface area contributed by atoms with Crippen LogP contribution >= 0.6 is 0 Å². The summed E-state index contributed by atoms with van der Waals surface area (Å²) >= 11 is 0. The molecule has 1 amide bonds. The van der Waals surface area contributed by atoms with Crippen molar-refractivity contribution >= 4 is 11.8 Å². The number of hydrogen-bond donors (Lipinski definition) is 1. The van der Waals surface area contributed by atoms with Crippen LogP contribution in [0, 0.1) is 10.1 Å². The molecule has 116 valence electrons. The number of rotatable bonds is 6. The van der Waals surface area contributed by atoms with Crippen LogP contribution in [0.4, 0.5) is 14.7 Å². The number of hydrogen-bond acceptors (Lipinski definition) is 5. The number of nitro groups is 1. The molecule has 0 fully saturated rings. The van der Waals surface area contributed by atoms with Gasteiger partial charge in [0.1, 0.15) is 10.7 Å². The van der Waals surface area contributed by atoms with Crippen LogP contribution < -0.4 is 10.1 Å². The van der Waals surface area contributed by atoms with Crippen molar-refractivity contribution in [2.45, 2.75) is 13.2 Å². The minimum Gasteiger partial charge on any atom is -0.435 e. The highest BCUT2D eigenvalue weighted by atomic mass is 19.3. The van der Waals surface area contributed by atoms with E-state index in [1.807, 2.05) is 0 Å². The standard InChI is InChI=1S/C13H10F2N2O5/c14-13(15)21-9-3-1-8(2-4-9)7-16-12(18)10-5-6-11(22-10)17(19)20/h1-6,13H,7H2,(H,16,18). The second-order valence-electron chi connectivity index (χ2n) is 4.10. The molecule has 2 aromatic rings. The highest BCUT2D eigenvalue weighted by Gasteiger charge is 2.16. The van der Waals surface area contributed by atoms with Crippen LogP contribution in [0.5, 0.6) is 5.75 Å². The Morgan fingerprint density at radius 3 is 2.50 bits per heavy atom. The van der Waals surface area contributed by atoms with Gasteiger partial charge in [-0.25, -0.2) is 0 Å². The van der Waals surface area contributed by atoms with Crippen LogP contribution in [-0.2, 0) is 6.54 Å². The minimum absolute atomic E-state index is 0.00624. The van der Waals surface area contributed by atoms with Crippen molar-refractivity contribution in [2.24, 2.45) is 0 Å². The first-order chi connectivity index (χ1) is 10.5. The lowest BCUT2D eigenvalue weighted by Crippen LogP contribution is -2.22. The normalized spacial score (nSPS) is 10.5. The number of ether oxygens (including phenoxy) is 1. The van der Waals surface area contributed by atoms with Crippen LogP contribution in [0.25, 0.3) is 0 Å². The summed E-state index contributed by atoms with van der Waals surface area (Å²) in [5.74, 6) is -1.34. The predicted octanol–water partition coefficient (Wildman–Crippen LogP) is 2.72. The Morgan fingerprint density at radius 2 is 1.95 bits per heavy atom. The summed E-state index contributed by atoms with van der Waals surface area (Å²) in [7, 11) is 0. The highest BCUT2D eigenvalue weighted by molar-refractivity contribution is 5.91. The van der Waals surface area contributed by atoms with Gasteiger partial charge in [0.15, 0.2) is 5.76 Å². The molecule has 0 aliphatic rings. The molecular formula is C13H10F2N2O5. The van der Waals surface area contributed by atoms with Crippen LogP contribution in [0.1, 0.15) is 16.1 Å². The number of nitrogens with one attached hydrogen (secondary N) is 1. The van der Waals surface area contributed by atoms with Gasteiger partial charge in [-0.1, -0.05) is 12.1 Å². The van der Waals surface area contributed by atoms with Crippen LogP contribution in [0.2, 0.25) is 0 Å². The largest absolute Gasteiger partial charge is 0.435 e. The van der Waals surface area contributed by atoms with E-state index in [1.54, 1.807) is 0 Å². The van der Waals surface area contributed by atoms with Crippen LogP contribution in [0.15, 0.2) is 40.8 Å². The Kier molecular flexibility index (Phi) is 4.66. The molecule has 0 saturated carbocycles. The molecule has 0 radical (unpaired) electrons. The maximum absolute atomic E-state index is 12.0. The van der Waals surface area contributed by atoms with Crippen LogP contribution in [0.3, 0.4) is 0 Å². The first kappa shape index (κ1) is 15.4. The van der Waals surface area contributed by atoms with E-state index >= 15 is 0 Å². The average Bonchev–Trinajstić information content (AvgIpc) is 2.96. The Hall–Kier alpha value is -2.97. The number of amides is 1. The van der Waals surface area contributed by atoms with Crippen molar-refractivity contribution < 1.29 is 27.7 Å². The summed E-state index contributed by atoms with van der Waals surface area (Å²) in [4.78, 5) is 21.4. The molecule has 0 saturated heterocycles. The number of benzene rings is 1. The van der Waals surface area contributed by atoms with E-state index in [0.717, 1.165) is 6.07 Å². The summed E-state index contributed by atoms with van der Waals surface area (Å²) in [6.07, 6.45) is 0. The average molecular weight is 312 g/mol. The third-order valence-electron chi connectivity index (χ3n) is 2.60. The molecule has 0 unspecified atom stereocenters. The molecule has 1 heterocycles. The van der Waals surface area contributed by atoms with Gasteiger partial charge in [-0.15, -0.1) is 0 Å². The number of nitrogens with zero attached hydrogens (tertiary/aromatic N) is 1. The van der Waals surface area contributed by atoms with Gasteiger partial charge in [0.25, 0.3) is 5.91 Å². The third-order valence-corrected chi connectivity index (χ3v) is 2.60. The van der Waals surface area contributed by atoms with Gasteiger partial charge < -0.3 is 14.5 Å². The maximum Gasteiger partial charge on any atom is 0.433 e. The monoisotopic (exact) mass is 312 g/mol. The minimum atomic E-state index is -2.90. The lowest BCUT2D eigenvalue weighted by Gasteiger charge is -2.06. The van der Waals surface area contributed by atoms with Gasteiger partial charge >= 0.3 is 12.5 Å². The lowest BCUT2D eigenvalue weighted by atomic mass is 10.2. The quantitative estimate of drug-likeness (QED) is 0.653. The van der Waals surface area contributed by atoms with E-state index in [0.29, 0.717) is 5.56 Å². The van der Waals surface area contributed by atoms with Gasteiger partial charge in [-0.05, 0) is 23.8 Å². The van der Waals surface area contributed by atoms with Gasteiger partial charge in [-0.3, -0.25) is 14.9 Å². The van der Waals surface area contributed by atoms with E-state index < -0.39 is 23.3 Å². The highest BCUT2D eigenvalue weighted by Crippen LogP contribution is 2.16. The first-order valence-electron chi connectivity index (χ1n) is 6.02. The maximum atomic E-state index is 12.0. The summed E-state index contributed by atoms with van der Waals surface area (Å²) in [5, 5.41) is 12.9. The molecule has 1 aromatic heterocycles. The Balaban J connectivity index is 1.91. The molecule has 1 aromatic carbocycles. The fourth-order valence-corrected chi connectivity index (χ4v) is 1.61. The fourth-order valence-electron chi connectivity index (χ4n) is 1.61. The van der Waals surface area contributed by atoms with Crippen LogP contribution in [-0.4, -0.2) is 17.4 Å². The molecule has 0 atom stereocenters. The van der Waals surface area contributed by atoms with E-state index in [9.17, 15) is 23.7 Å². The second kappa shape index (κ2) is 6.66. The van der Waals surface area contributed by atoms with Crippen molar-refractivity contribution in [1.82, 2.24) is 5.32 Å².